The zero-order chi connectivity index (χ0) is 14.9. The normalized spacial score (nSPS) is 12.0. The highest BCUT2D eigenvalue weighted by atomic mass is 32.2. The number of fused-ring (bicyclic) bond motifs is 1. The van der Waals surface area contributed by atoms with Crippen molar-refractivity contribution in [3.63, 3.8) is 0 Å². The molecule has 7 nitrogen and oxygen atoms in total. The molecule has 0 spiro atoms. The lowest BCUT2D eigenvalue weighted by Crippen LogP contribution is -2.27. The van der Waals surface area contributed by atoms with Gasteiger partial charge in [0.1, 0.15) is 5.76 Å². The van der Waals surface area contributed by atoms with Crippen LogP contribution in [-0.4, -0.2) is 31.4 Å². The van der Waals surface area contributed by atoms with Gasteiger partial charge in [0.05, 0.1) is 6.26 Å². The molecule has 3 heterocycles. The molecule has 2 N–H and O–H groups in total. The summed E-state index contributed by atoms with van der Waals surface area (Å²) in [5, 5.41) is 4.74. The number of aromatic nitrogens is 2. The molecule has 0 saturated heterocycles. The first-order valence-corrected chi connectivity index (χ1v) is 8.63. The van der Waals surface area contributed by atoms with Gasteiger partial charge >= 0.3 is 0 Å². The Balaban J connectivity index is 1.84. The average Bonchev–Trinajstić information content (AvgIpc) is 3.13. The van der Waals surface area contributed by atoms with E-state index < -0.39 is 10.0 Å². The zero-order valence-electron chi connectivity index (χ0n) is 11.2. The molecule has 0 unspecified atom stereocenters. The van der Waals surface area contributed by atoms with Crippen molar-refractivity contribution in [2.24, 2.45) is 0 Å². The second kappa shape index (κ2) is 5.51. The highest BCUT2D eigenvalue weighted by Gasteiger charge is 2.25. The Bertz CT molecular complexity index is 833. The number of sulfonamides is 1. The zero-order valence-corrected chi connectivity index (χ0v) is 12.9. The minimum atomic E-state index is -3.66. The highest BCUT2D eigenvalue weighted by molar-refractivity contribution is 7.89. The predicted octanol–water partition coefficient (Wildman–Crippen LogP) is 1.55. The summed E-state index contributed by atoms with van der Waals surface area (Å²) in [4.78, 5) is 4.88. The lowest BCUT2D eigenvalue weighted by molar-refractivity contribution is 0.505. The number of rotatable bonds is 6. The van der Waals surface area contributed by atoms with Crippen LogP contribution in [-0.2, 0) is 16.4 Å². The fourth-order valence-corrected chi connectivity index (χ4v) is 4.10. The van der Waals surface area contributed by atoms with Crippen LogP contribution < -0.4 is 10.0 Å². The summed E-state index contributed by atoms with van der Waals surface area (Å²) in [6.45, 7) is 0.260. The maximum Gasteiger partial charge on any atom is 0.260 e. The lowest BCUT2D eigenvalue weighted by atomic mass is 10.3. The Morgan fingerprint density at radius 1 is 1.48 bits per heavy atom. The number of anilines is 1. The van der Waals surface area contributed by atoms with Crippen LogP contribution in [0, 0.1) is 0 Å². The monoisotopic (exact) mass is 326 g/mol. The van der Waals surface area contributed by atoms with E-state index in [4.69, 9.17) is 4.42 Å². The van der Waals surface area contributed by atoms with Crippen LogP contribution in [0.5, 0.6) is 0 Å². The van der Waals surface area contributed by atoms with E-state index in [1.807, 2.05) is 6.07 Å². The van der Waals surface area contributed by atoms with Gasteiger partial charge in [0.25, 0.3) is 10.0 Å². The van der Waals surface area contributed by atoms with E-state index in [-0.39, 0.29) is 11.6 Å². The van der Waals surface area contributed by atoms with E-state index in [0.29, 0.717) is 17.2 Å². The van der Waals surface area contributed by atoms with Crippen LogP contribution in [0.15, 0.2) is 39.4 Å². The van der Waals surface area contributed by atoms with E-state index in [9.17, 15) is 8.42 Å². The van der Waals surface area contributed by atoms with Gasteiger partial charge in [0, 0.05) is 31.6 Å². The van der Waals surface area contributed by atoms with Crippen LogP contribution in [0.1, 0.15) is 5.76 Å². The van der Waals surface area contributed by atoms with Gasteiger partial charge in [-0.2, -0.15) is 0 Å². The molecular weight excluding hydrogens is 312 g/mol. The molecule has 3 aromatic heterocycles. The summed E-state index contributed by atoms with van der Waals surface area (Å²) in [5.74, 6) is 1.08. The number of furan rings is 1. The summed E-state index contributed by atoms with van der Waals surface area (Å²) in [6, 6.07) is 3.58. The molecule has 0 aromatic carbocycles. The topological polar surface area (TPSA) is 88.6 Å². The fraction of sp³-hybridized carbons (Fsp3) is 0.250. The molecule has 0 aliphatic rings. The molecule has 0 aliphatic carbocycles. The molecule has 0 saturated carbocycles. The number of nitrogens with zero attached hydrogens (tertiary/aromatic N) is 2. The first-order valence-electron chi connectivity index (χ1n) is 6.27. The van der Waals surface area contributed by atoms with Crippen molar-refractivity contribution >= 4 is 32.1 Å². The van der Waals surface area contributed by atoms with Crippen molar-refractivity contribution in [1.29, 1.82) is 0 Å². The van der Waals surface area contributed by atoms with Crippen molar-refractivity contribution in [3.05, 3.63) is 35.7 Å². The Kier molecular flexibility index (Phi) is 3.70. The van der Waals surface area contributed by atoms with Gasteiger partial charge in [0.2, 0.25) is 0 Å². The van der Waals surface area contributed by atoms with Gasteiger partial charge in [-0.15, -0.1) is 11.3 Å². The third-order valence-corrected chi connectivity index (χ3v) is 5.19. The average molecular weight is 326 g/mol. The van der Waals surface area contributed by atoms with Gasteiger partial charge in [-0.05, 0) is 12.1 Å². The van der Waals surface area contributed by atoms with E-state index in [0.717, 1.165) is 5.76 Å². The molecular formula is C12H14N4O3S2. The first kappa shape index (κ1) is 14.1. The number of thiazole rings is 1. The molecule has 0 radical (unpaired) electrons. The number of imidazole rings is 1. The fourth-order valence-electron chi connectivity index (χ4n) is 2.02. The second-order valence-corrected chi connectivity index (χ2v) is 6.85. The summed E-state index contributed by atoms with van der Waals surface area (Å²) < 4.78 is 34.3. The van der Waals surface area contributed by atoms with Gasteiger partial charge in [0.15, 0.2) is 15.8 Å². The Hall–Kier alpha value is -1.84. The number of hydrogen-bond acceptors (Lipinski definition) is 6. The molecule has 0 fully saturated rings. The maximum absolute atomic E-state index is 12.5. The second-order valence-electron chi connectivity index (χ2n) is 4.30. The van der Waals surface area contributed by atoms with Crippen LogP contribution >= 0.6 is 11.3 Å². The standard InChI is InChI=1S/C12H14N4O3S2/c1-13-10-11(16-6-8-20-12(16)15-10)21(17,18)14-5-4-9-3-2-7-19-9/h2-3,6-8,13-14H,4-5H2,1H3. The first-order chi connectivity index (χ1) is 10.1. The van der Waals surface area contributed by atoms with E-state index in [1.165, 1.54) is 11.3 Å². The van der Waals surface area contributed by atoms with Crippen molar-refractivity contribution in [2.45, 2.75) is 11.4 Å². The molecule has 112 valence electrons. The Morgan fingerprint density at radius 3 is 3.05 bits per heavy atom. The molecule has 3 rings (SSSR count). The summed E-state index contributed by atoms with van der Waals surface area (Å²) >= 11 is 1.38. The molecule has 0 bridgehead atoms. The third kappa shape index (κ3) is 2.67. The lowest BCUT2D eigenvalue weighted by Gasteiger charge is -2.07. The van der Waals surface area contributed by atoms with E-state index in [1.54, 1.807) is 35.4 Å². The minimum absolute atomic E-state index is 0.126. The van der Waals surface area contributed by atoms with Gasteiger partial charge < -0.3 is 9.73 Å². The summed E-state index contributed by atoms with van der Waals surface area (Å²) in [5.41, 5.74) is 0. The van der Waals surface area contributed by atoms with Crippen molar-refractivity contribution < 1.29 is 12.8 Å². The largest absolute Gasteiger partial charge is 0.469 e. The SMILES string of the molecule is CNc1nc2sccn2c1S(=O)(=O)NCCc1ccco1. The summed E-state index contributed by atoms with van der Waals surface area (Å²) in [7, 11) is -2.01. The molecule has 0 amide bonds. The Morgan fingerprint density at radius 2 is 2.33 bits per heavy atom. The smallest absolute Gasteiger partial charge is 0.260 e. The molecule has 9 heteroatoms. The molecule has 21 heavy (non-hydrogen) atoms. The van der Waals surface area contributed by atoms with Gasteiger partial charge in [-0.25, -0.2) is 18.1 Å². The van der Waals surface area contributed by atoms with E-state index >= 15 is 0 Å². The third-order valence-electron chi connectivity index (χ3n) is 2.95. The van der Waals surface area contributed by atoms with Crippen LogP contribution in [0.2, 0.25) is 0 Å². The van der Waals surface area contributed by atoms with Gasteiger partial charge in [-0.1, -0.05) is 0 Å². The number of hydrogen-bond donors (Lipinski definition) is 2. The number of nitrogens with one attached hydrogen (secondary N) is 2. The maximum atomic E-state index is 12.5. The van der Waals surface area contributed by atoms with Crippen LogP contribution in [0.4, 0.5) is 5.82 Å². The predicted molar refractivity (Wildman–Crippen MR) is 80.2 cm³/mol. The Labute approximate surface area is 125 Å². The van der Waals surface area contributed by atoms with Crippen LogP contribution in [0.25, 0.3) is 4.96 Å². The molecule has 0 atom stereocenters. The minimum Gasteiger partial charge on any atom is -0.469 e. The molecule has 3 aromatic rings. The summed E-state index contributed by atoms with van der Waals surface area (Å²) in [6.07, 6.45) is 3.75. The highest BCUT2D eigenvalue weighted by Crippen LogP contribution is 2.25. The van der Waals surface area contributed by atoms with E-state index in [2.05, 4.69) is 15.0 Å². The van der Waals surface area contributed by atoms with Crippen molar-refractivity contribution in [1.82, 2.24) is 14.1 Å². The van der Waals surface area contributed by atoms with Gasteiger partial charge in [-0.3, -0.25) is 4.40 Å². The van der Waals surface area contributed by atoms with Crippen molar-refractivity contribution in [3.8, 4) is 0 Å². The van der Waals surface area contributed by atoms with Crippen molar-refractivity contribution in [2.75, 3.05) is 18.9 Å². The molecule has 0 aliphatic heterocycles. The quantitative estimate of drug-likeness (QED) is 0.717. The van der Waals surface area contributed by atoms with Crippen LogP contribution in [0.3, 0.4) is 0 Å².